The van der Waals surface area contributed by atoms with Crippen molar-refractivity contribution < 1.29 is 17.6 Å². The molecule has 0 spiro atoms. The smallest absolute Gasteiger partial charge is 0.241 e. The Labute approximate surface area is 191 Å². The molecule has 0 heterocycles. The zero-order chi connectivity index (χ0) is 24.1. The number of sulfonamides is 1. The van der Waals surface area contributed by atoms with E-state index in [1.165, 1.54) is 0 Å². The van der Waals surface area contributed by atoms with Gasteiger partial charge in [-0.2, -0.15) is 4.72 Å². The molecule has 0 saturated carbocycles. The summed E-state index contributed by atoms with van der Waals surface area (Å²) in [6.07, 6.45) is 0. The topological polar surface area (TPSA) is 75.3 Å². The van der Waals surface area contributed by atoms with Gasteiger partial charge in [-0.05, 0) is 40.0 Å². The summed E-state index contributed by atoms with van der Waals surface area (Å²) >= 11 is 0. The first-order valence-electron chi connectivity index (χ1n) is 11.1. The van der Waals surface area contributed by atoms with E-state index in [9.17, 15) is 17.6 Å². The van der Waals surface area contributed by atoms with Crippen LogP contribution in [0.1, 0.15) is 81.5 Å². The molecule has 0 saturated heterocycles. The summed E-state index contributed by atoms with van der Waals surface area (Å²) < 4.78 is 43.0. The van der Waals surface area contributed by atoms with Crippen LogP contribution in [0.4, 0.5) is 4.39 Å². The SMILES string of the molecule is CC(C)c1cc(C(C)C)c(S(=O)(=O)NC(CF)C(=O)NCc2ccccc2)c(C(C)C)c1. The fourth-order valence-corrected chi connectivity index (χ4v) is 5.38. The molecule has 5 nitrogen and oxygen atoms in total. The maximum atomic E-state index is 13.8. The molecule has 0 radical (unpaired) electrons. The lowest BCUT2D eigenvalue weighted by Gasteiger charge is -2.24. The third-order valence-corrected chi connectivity index (χ3v) is 7.03. The molecule has 0 aliphatic carbocycles. The maximum absolute atomic E-state index is 13.8. The molecule has 0 bridgehead atoms. The number of hydrogen-bond acceptors (Lipinski definition) is 3. The molecule has 2 aromatic rings. The molecule has 2 aromatic carbocycles. The average Bonchev–Trinajstić information content (AvgIpc) is 2.75. The second kappa shape index (κ2) is 11.1. The second-order valence-corrected chi connectivity index (χ2v) is 10.7. The van der Waals surface area contributed by atoms with E-state index in [2.05, 4.69) is 23.9 Å². The predicted octanol–water partition coefficient (Wildman–Crippen LogP) is 4.99. The van der Waals surface area contributed by atoms with Crippen LogP contribution in [0.15, 0.2) is 47.4 Å². The number of carbonyl (C=O) groups excluding carboxylic acids is 1. The van der Waals surface area contributed by atoms with Crippen LogP contribution in [-0.2, 0) is 21.4 Å². The van der Waals surface area contributed by atoms with Crippen LogP contribution in [0, 0.1) is 0 Å². The minimum atomic E-state index is -4.14. The van der Waals surface area contributed by atoms with Crippen molar-refractivity contribution in [1.82, 2.24) is 10.0 Å². The van der Waals surface area contributed by atoms with Crippen molar-refractivity contribution in [1.29, 1.82) is 0 Å². The fourth-order valence-electron chi connectivity index (χ4n) is 3.51. The molecule has 0 aliphatic rings. The monoisotopic (exact) mass is 462 g/mol. The average molecular weight is 463 g/mol. The minimum Gasteiger partial charge on any atom is -0.351 e. The Morgan fingerprint density at radius 2 is 1.44 bits per heavy atom. The lowest BCUT2D eigenvalue weighted by molar-refractivity contribution is -0.123. The molecule has 176 valence electrons. The van der Waals surface area contributed by atoms with Crippen molar-refractivity contribution in [3.05, 3.63) is 64.7 Å². The van der Waals surface area contributed by atoms with E-state index in [4.69, 9.17) is 0 Å². The number of carbonyl (C=O) groups is 1. The third-order valence-electron chi connectivity index (χ3n) is 5.43. The normalized spacial score (nSPS) is 13.1. The highest BCUT2D eigenvalue weighted by molar-refractivity contribution is 7.89. The number of hydrogen-bond donors (Lipinski definition) is 2. The standard InChI is InChI=1S/C25H35FN2O3S/c1-16(2)20-12-21(17(3)4)24(22(13-20)18(5)6)32(30,31)28-23(14-26)25(29)27-15-19-10-8-7-9-11-19/h7-13,16-18,23,28H,14-15H2,1-6H3,(H,27,29). The van der Waals surface area contributed by atoms with Crippen LogP contribution in [0.25, 0.3) is 0 Å². The number of nitrogens with one attached hydrogen (secondary N) is 2. The van der Waals surface area contributed by atoms with E-state index in [0.29, 0.717) is 11.1 Å². The highest BCUT2D eigenvalue weighted by Gasteiger charge is 2.31. The van der Waals surface area contributed by atoms with E-state index in [1.807, 2.05) is 70.2 Å². The maximum Gasteiger partial charge on any atom is 0.241 e. The number of benzene rings is 2. The van der Waals surface area contributed by atoms with Gasteiger partial charge in [0.05, 0.1) is 4.90 Å². The number of amides is 1. The van der Waals surface area contributed by atoms with Crippen molar-refractivity contribution in [3.63, 3.8) is 0 Å². The molecule has 32 heavy (non-hydrogen) atoms. The molecule has 0 aliphatic heterocycles. The Bertz CT molecular complexity index is 990. The van der Waals surface area contributed by atoms with Crippen LogP contribution < -0.4 is 10.0 Å². The summed E-state index contributed by atoms with van der Waals surface area (Å²) in [6.45, 7) is 10.9. The first kappa shape index (κ1) is 26.0. The van der Waals surface area contributed by atoms with Crippen LogP contribution in [-0.4, -0.2) is 27.0 Å². The minimum absolute atomic E-state index is 0.0616. The van der Waals surface area contributed by atoms with Crippen molar-refractivity contribution >= 4 is 15.9 Å². The number of halogens is 1. The molecule has 1 unspecified atom stereocenters. The van der Waals surface area contributed by atoms with Gasteiger partial charge in [-0.25, -0.2) is 12.8 Å². The Hall–Kier alpha value is -2.25. The van der Waals surface area contributed by atoms with Gasteiger partial charge in [0.1, 0.15) is 12.7 Å². The molecule has 2 rings (SSSR count). The molecular formula is C25H35FN2O3S. The van der Waals surface area contributed by atoms with Crippen LogP contribution in [0.5, 0.6) is 0 Å². The van der Waals surface area contributed by atoms with E-state index in [-0.39, 0.29) is 29.2 Å². The van der Waals surface area contributed by atoms with Gasteiger partial charge in [-0.1, -0.05) is 84.0 Å². The highest BCUT2D eigenvalue weighted by atomic mass is 32.2. The summed E-state index contributed by atoms with van der Waals surface area (Å²) in [5.41, 5.74) is 3.25. The Balaban J connectivity index is 2.39. The fraction of sp³-hybridized carbons (Fsp3) is 0.480. The van der Waals surface area contributed by atoms with Gasteiger partial charge in [0.2, 0.25) is 15.9 Å². The van der Waals surface area contributed by atoms with Gasteiger partial charge >= 0.3 is 0 Å². The van der Waals surface area contributed by atoms with Gasteiger partial charge in [0.15, 0.2) is 0 Å². The van der Waals surface area contributed by atoms with E-state index < -0.39 is 28.6 Å². The van der Waals surface area contributed by atoms with Crippen molar-refractivity contribution in [2.75, 3.05) is 6.67 Å². The van der Waals surface area contributed by atoms with Gasteiger partial charge in [-0.3, -0.25) is 4.79 Å². The summed E-state index contributed by atoms with van der Waals surface area (Å²) in [4.78, 5) is 12.7. The van der Waals surface area contributed by atoms with Crippen LogP contribution in [0.3, 0.4) is 0 Å². The molecule has 0 aromatic heterocycles. The third kappa shape index (κ3) is 6.39. The molecule has 1 amide bonds. The Kier molecular flexibility index (Phi) is 8.98. The molecular weight excluding hydrogens is 427 g/mol. The number of rotatable bonds is 10. The first-order valence-corrected chi connectivity index (χ1v) is 12.5. The zero-order valence-corrected chi connectivity index (χ0v) is 20.6. The van der Waals surface area contributed by atoms with Crippen LogP contribution >= 0.6 is 0 Å². The van der Waals surface area contributed by atoms with Gasteiger partial charge in [0, 0.05) is 6.54 Å². The predicted molar refractivity (Wildman–Crippen MR) is 127 cm³/mol. The first-order chi connectivity index (χ1) is 15.0. The van der Waals surface area contributed by atoms with E-state index >= 15 is 0 Å². The molecule has 0 fully saturated rings. The quantitative estimate of drug-likeness (QED) is 0.522. The van der Waals surface area contributed by atoms with E-state index in [1.54, 1.807) is 0 Å². The Morgan fingerprint density at radius 1 is 0.906 bits per heavy atom. The highest BCUT2D eigenvalue weighted by Crippen LogP contribution is 2.35. The van der Waals surface area contributed by atoms with Gasteiger partial charge in [-0.15, -0.1) is 0 Å². The zero-order valence-electron chi connectivity index (χ0n) is 19.8. The van der Waals surface area contributed by atoms with Crippen molar-refractivity contribution in [3.8, 4) is 0 Å². The molecule has 2 N–H and O–H groups in total. The summed E-state index contributed by atoms with van der Waals surface area (Å²) in [5.74, 6) is -0.588. The molecule has 7 heteroatoms. The summed E-state index contributed by atoms with van der Waals surface area (Å²) in [5, 5.41) is 2.62. The number of alkyl halides is 1. The van der Waals surface area contributed by atoms with Gasteiger partial charge in [0.25, 0.3) is 0 Å². The summed E-state index contributed by atoms with van der Waals surface area (Å²) in [7, 11) is -4.14. The van der Waals surface area contributed by atoms with Crippen LogP contribution in [0.2, 0.25) is 0 Å². The Morgan fingerprint density at radius 3 is 1.88 bits per heavy atom. The van der Waals surface area contributed by atoms with E-state index in [0.717, 1.165) is 11.1 Å². The van der Waals surface area contributed by atoms with Gasteiger partial charge < -0.3 is 5.32 Å². The van der Waals surface area contributed by atoms with Crippen molar-refractivity contribution in [2.24, 2.45) is 0 Å². The second-order valence-electron chi connectivity index (χ2n) is 9.02. The lowest BCUT2D eigenvalue weighted by atomic mass is 9.89. The lowest BCUT2D eigenvalue weighted by Crippen LogP contribution is -2.48. The summed E-state index contributed by atoms with van der Waals surface area (Å²) in [6, 6.07) is 11.5. The van der Waals surface area contributed by atoms with Crippen molar-refractivity contribution in [2.45, 2.75) is 76.8 Å². The molecule has 1 atom stereocenters. The largest absolute Gasteiger partial charge is 0.351 e.